The average molecular weight is 357 g/mol. The van der Waals surface area contributed by atoms with Crippen LogP contribution in [0.5, 0.6) is 0 Å². The number of aromatic nitrogens is 1. The Bertz CT molecular complexity index is 963. The first-order valence-corrected chi connectivity index (χ1v) is 10.2. The van der Waals surface area contributed by atoms with Crippen molar-refractivity contribution in [2.75, 3.05) is 0 Å². The molecule has 0 amide bonds. The van der Waals surface area contributed by atoms with Crippen molar-refractivity contribution in [1.82, 2.24) is 0 Å². The minimum atomic E-state index is 0.754. The van der Waals surface area contributed by atoms with Crippen LogP contribution in [0.15, 0.2) is 54.7 Å². The number of pyridine rings is 1. The first-order chi connectivity index (χ1) is 13.0. The largest absolute Gasteiger partial charge is 0.212 e. The van der Waals surface area contributed by atoms with Crippen LogP contribution in [0, 0.1) is 20.8 Å². The van der Waals surface area contributed by atoms with Crippen molar-refractivity contribution in [3.05, 3.63) is 77.0 Å². The minimum absolute atomic E-state index is 0.754. The van der Waals surface area contributed by atoms with Crippen molar-refractivity contribution in [2.45, 2.75) is 52.4 Å². The normalized spacial score (nSPS) is 14.7. The van der Waals surface area contributed by atoms with Gasteiger partial charge < -0.3 is 0 Å². The highest BCUT2D eigenvalue weighted by atomic mass is 14.9. The Labute approximate surface area is 163 Å². The lowest BCUT2D eigenvalue weighted by Crippen LogP contribution is -2.32. The summed E-state index contributed by atoms with van der Waals surface area (Å²) in [6.07, 6.45) is 7.85. The third kappa shape index (κ3) is 3.43. The van der Waals surface area contributed by atoms with Gasteiger partial charge in [-0.25, -0.2) is 4.57 Å². The number of hydrogen-bond donors (Lipinski definition) is 0. The molecule has 1 heteroatoms. The van der Waals surface area contributed by atoms with E-state index < -0.39 is 0 Å². The van der Waals surface area contributed by atoms with E-state index in [-0.39, 0.29) is 0 Å². The Morgan fingerprint density at radius 3 is 2.15 bits per heavy atom. The van der Waals surface area contributed by atoms with Crippen molar-refractivity contribution in [3.63, 3.8) is 0 Å². The van der Waals surface area contributed by atoms with E-state index in [9.17, 15) is 0 Å². The predicted molar refractivity (Wildman–Crippen MR) is 114 cm³/mol. The maximum Gasteiger partial charge on any atom is 0.212 e. The fourth-order valence-electron chi connectivity index (χ4n) is 4.76. The van der Waals surface area contributed by atoms with Crippen LogP contribution in [-0.4, -0.2) is 0 Å². The van der Waals surface area contributed by atoms with Gasteiger partial charge in [0.15, 0.2) is 6.20 Å². The number of hydrogen-bond acceptors (Lipinski definition) is 0. The van der Waals surface area contributed by atoms with E-state index in [2.05, 4.69) is 87.1 Å². The highest BCUT2D eigenvalue weighted by molar-refractivity contribution is 5.75. The van der Waals surface area contributed by atoms with Crippen LogP contribution >= 0.6 is 0 Å². The summed E-state index contributed by atoms with van der Waals surface area (Å²) in [5.41, 5.74) is 10.9. The highest BCUT2D eigenvalue weighted by Gasteiger charge is 2.24. The van der Waals surface area contributed by atoms with Crippen molar-refractivity contribution < 1.29 is 4.57 Å². The third-order valence-corrected chi connectivity index (χ3v) is 6.25. The summed E-state index contributed by atoms with van der Waals surface area (Å²) in [5, 5.41) is 0. The van der Waals surface area contributed by atoms with E-state index in [4.69, 9.17) is 0 Å². The molecule has 2 aromatic carbocycles. The monoisotopic (exact) mass is 356 g/mol. The maximum atomic E-state index is 2.40. The molecular weight excluding hydrogens is 326 g/mol. The number of nitrogens with zero attached hydrogens (tertiary/aromatic N) is 1. The molecule has 1 nitrogen and oxygen atoms in total. The Morgan fingerprint density at radius 1 is 0.778 bits per heavy atom. The molecule has 0 bridgehead atoms. The van der Waals surface area contributed by atoms with Crippen LogP contribution in [0.1, 0.15) is 53.9 Å². The van der Waals surface area contributed by atoms with Gasteiger partial charge in [0.05, 0.1) is 0 Å². The second-order valence-corrected chi connectivity index (χ2v) is 8.24. The van der Waals surface area contributed by atoms with Crippen LogP contribution in [0.2, 0.25) is 0 Å². The first-order valence-electron chi connectivity index (χ1n) is 10.2. The lowest BCUT2D eigenvalue weighted by Gasteiger charge is -2.15. The maximum absolute atomic E-state index is 2.40. The molecule has 0 radical (unpaired) electrons. The predicted octanol–water partition coefficient (Wildman–Crippen LogP) is 6.43. The molecule has 1 aromatic heterocycles. The molecule has 1 aliphatic carbocycles. The van der Waals surface area contributed by atoms with Crippen LogP contribution in [0.25, 0.3) is 22.4 Å². The van der Waals surface area contributed by atoms with Gasteiger partial charge in [-0.2, -0.15) is 0 Å². The van der Waals surface area contributed by atoms with Crippen molar-refractivity contribution in [2.24, 2.45) is 7.05 Å². The summed E-state index contributed by atoms with van der Waals surface area (Å²) in [6, 6.07) is 17.8. The molecule has 1 heterocycles. The van der Waals surface area contributed by atoms with Crippen LogP contribution in [0.3, 0.4) is 0 Å². The molecule has 0 saturated heterocycles. The van der Waals surface area contributed by atoms with Gasteiger partial charge in [-0.3, -0.25) is 0 Å². The van der Waals surface area contributed by atoms with E-state index >= 15 is 0 Å². The molecule has 0 spiro atoms. The molecule has 27 heavy (non-hydrogen) atoms. The van der Waals surface area contributed by atoms with Gasteiger partial charge in [-0.1, -0.05) is 49.2 Å². The van der Waals surface area contributed by atoms with Crippen LogP contribution in [0.4, 0.5) is 0 Å². The van der Waals surface area contributed by atoms with Gasteiger partial charge in [-0.15, -0.1) is 0 Å². The van der Waals surface area contributed by atoms with Gasteiger partial charge >= 0.3 is 0 Å². The smallest absolute Gasteiger partial charge is 0.201 e. The van der Waals surface area contributed by atoms with Gasteiger partial charge in [0.25, 0.3) is 0 Å². The molecule has 0 aliphatic heterocycles. The van der Waals surface area contributed by atoms with E-state index in [1.165, 1.54) is 64.8 Å². The molecule has 1 saturated carbocycles. The Morgan fingerprint density at radius 2 is 1.44 bits per heavy atom. The summed E-state index contributed by atoms with van der Waals surface area (Å²) in [6.45, 7) is 6.74. The molecular formula is C26H30N+. The zero-order valence-corrected chi connectivity index (χ0v) is 17.0. The van der Waals surface area contributed by atoms with Gasteiger partial charge in [0, 0.05) is 17.2 Å². The van der Waals surface area contributed by atoms with Gasteiger partial charge in [-0.05, 0) is 73.4 Å². The average Bonchev–Trinajstić information content (AvgIpc) is 3.19. The number of benzene rings is 2. The molecule has 3 aromatic rings. The summed E-state index contributed by atoms with van der Waals surface area (Å²) in [5.74, 6) is 0.754. The standard InChI is InChI=1S/C26H30N/c1-18-14-19(2)24(16-23(18)21-10-6-5-7-11-21)26-15-20(3)25(17-27(26)4)22-12-8-9-13-22/h5-7,10-11,14-17,22H,8-9,12-13H2,1-4H3/q+1. The van der Waals surface area contributed by atoms with Crippen molar-refractivity contribution >= 4 is 0 Å². The zero-order chi connectivity index (χ0) is 19.0. The third-order valence-electron chi connectivity index (χ3n) is 6.25. The lowest BCUT2D eigenvalue weighted by atomic mass is 9.91. The van der Waals surface area contributed by atoms with Gasteiger partial charge in [0.1, 0.15) is 7.05 Å². The molecule has 1 aliphatic rings. The molecule has 0 atom stereocenters. The van der Waals surface area contributed by atoms with E-state index in [0.717, 1.165) is 5.92 Å². The summed E-state index contributed by atoms with van der Waals surface area (Å²) in [7, 11) is 2.20. The number of aryl methyl sites for hydroxylation is 4. The first kappa shape index (κ1) is 18.0. The topological polar surface area (TPSA) is 3.88 Å². The van der Waals surface area contributed by atoms with Crippen molar-refractivity contribution in [1.29, 1.82) is 0 Å². The second-order valence-electron chi connectivity index (χ2n) is 8.24. The van der Waals surface area contributed by atoms with Crippen LogP contribution < -0.4 is 4.57 Å². The highest BCUT2D eigenvalue weighted by Crippen LogP contribution is 2.37. The zero-order valence-electron chi connectivity index (χ0n) is 17.0. The summed E-state index contributed by atoms with van der Waals surface area (Å²) in [4.78, 5) is 0. The summed E-state index contributed by atoms with van der Waals surface area (Å²) < 4.78 is 2.34. The van der Waals surface area contributed by atoms with Crippen molar-refractivity contribution in [3.8, 4) is 22.4 Å². The number of rotatable bonds is 3. The minimum Gasteiger partial charge on any atom is -0.201 e. The lowest BCUT2D eigenvalue weighted by molar-refractivity contribution is -0.661. The second kappa shape index (κ2) is 7.31. The fourth-order valence-corrected chi connectivity index (χ4v) is 4.76. The molecule has 1 fully saturated rings. The molecule has 4 rings (SSSR count). The quantitative estimate of drug-likeness (QED) is 0.476. The summed E-state index contributed by atoms with van der Waals surface area (Å²) >= 11 is 0. The molecule has 0 unspecified atom stereocenters. The molecule has 138 valence electrons. The molecule has 0 N–H and O–H groups in total. The Hall–Kier alpha value is -2.41. The van der Waals surface area contributed by atoms with E-state index in [1.807, 2.05) is 0 Å². The fraction of sp³-hybridized carbons (Fsp3) is 0.346. The Balaban J connectivity index is 1.82. The van der Waals surface area contributed by atoms with Gasteiger partial charge in [0.2, 0.25) is 5.69 Å². The van der Waals surface area contributed by atoms with Crippen LogP contribution in [-0.2, 0) is 7.05 Å². The van der Waals surface area contributed by atoms with E-state index in [0.29, 0.717) is 0 Å². The Kier molecular flexibility index (Phi) is 4.86. The van der Waals surface area contributed by atoms with E-state index in [1.54, 1.807) is 5.56 Å². The SMILES string of the molecule is Cc1cc(C)c(-c2cc(C)c(C3CCCC3)c[n+]2C)cc1-c1ccccc1.